The lowest BCUT2D eigenvalue weighted by Crippen LogP contribution is -2.53. The highest BCUT2D eigenvalue weighted by Gasteiger charge is 2.32. The van der Waals surface area contributed by atoms with Crippen LogP contribution < -0.4 is 9.62 Å². The molecule has 0 spiro atoms. The molecule has 0 fully saturated rings. The Kier molecular flexibility index (Phi) is 10.5. The van der Waals surface area contributed by atoms with Gasteiger partial charge in [-0.15, -0.1) is 0 Å². The number of benzene rings is 3. The van der Waals surface area contributed by atoms with E-state index in [0.29, 0.717) is 18.7 Å². The van der Waals surface area contributed by atoms with Crippen molar-refractivity contribution in [3.05, 3.63) is 100 Å². The quantitative estimate of drug-likeness (QED) is 0.331. The Hall–Kier alpha value is -3.17. The molecule has 38 heavy (non-hydrogen) atoms. The zero-order valence-corrected chi connectivity index (χ0v) is 24.3. The number of hydrogen-bond acceptors (Lipinski definition) is 4. The molecule has 3 rings (SSSR count). The van der Waals surface area contributed by atoms with Crippen molar-refractivity contribution in [1.29, 1.82) is 0 Å². The topological polar surface area (TPSA) is 86.8 Å². The second-order valence-electron chi connectivity index (χ2n) is 9.04. The molecule has 7 nitrogen and oxygen atoms in total. The van der Waals surface area contributed by atoms with Gasteiger partial charge in [-0.1, -0.05) is 77.5 Å². The Labute approximate surface area is 234 Å². The van der Waals surface area contributed by atoms with E-state index in [1.807, 2.05) is 80.6 Å². The van der Waals surface area contributed by atoms with E-state index in [9.17, 15) is 18.0 Å². The van der Waals surface area contributed by atoms with Crippen molar-refractivity contribution in [3.8, 4) is 0 Å². The third-order valence-electron chi connectivity index (χ3n) is 6.20. The third-order valence-corrected chi connectivity index (χ3v) is 7.87. The summed E-state index contributed by atoms with van der Waals surface area (Å²) in [4.78, 5) is 28.7. The minimum Gasteiger partial charge on any atom is -0.355 e. The molecule has 0 heterocycles. The maximum atomic E-state index is 13.9. The highest BCUT2D eigenvalue weighted by Crippen LogP contribution is 2.21. The zero-order chi connectivity index (χ0) is 27.7. The summed E-state index contributed by atoms with van der Waals surface area (Å²) in [6.45, 7) is 3.97. The molecule has 0 bridgehead atoms. The van der Waals surface area contributed by atoms with Crippen molar-refractivity contribution >= 4 is 43.5 Å². The zero-order valence-electron chi connectivity index (χ0n) is 21.9. The fraction of sp³-hybridized carbons (Fsp3) is 0.310. The van der Waals surface area contributed by atoms with Crippen LogP contribution in [0.2, 0.25) is 0 Å². The normalized spacial score (nSPS) is 12.0. The van der Waals surface area contributed by atoms with Crippen LogP contribution in [0.1, 0.15) is 30.5 Å². The van der Waals surface area contributed by atoms with E-state index in [4.69, 9.17) is 0 Å². The minimum atomic E-state index is -3.78. The van der Waals surface area contributed by atoms with Gasteiger partial charge in [0.05, 0.1) is 11.9 Å². The first kappa shape index (κ1) is 29.4. The molecule has 0 unspecified atom stereocenters. The Morgan fingerprint density at radius 2 is 1.47 bits per heavy atom. The van der Waals surface area contributed by atoms with E-state index in [0.717, 1.165) is 38.1 Å². The van der Waals surface area contributed by atoms with Crippen molar-refractivity contribution in [2.75, 3.05) is 23.7 Å². The van der Waals surface area contributed by atoms with Gasteiger partial charge in [-0.25, -0.2) is 8.42 Å². The Bertz CT molecular complexity index is 1310. The SMILES string of the molecule is CCNC(=O)[C@@H](Cc1ccccc1)N(Cc1ccc(Br)cc1)C(=O)CN(c1ccc(CC)cc1)S(C)(=O)=O. The average Bonchev–Trinajstić information content (AvgIpc) is 2.90. The number of nitrogens with one attached hydrogen (secondary N) is 1. The molecule has 0 radical (unpaired) electrons. The molecular weight excluding hydrogens is 566 g/mol. The van der Waals surface area contributed by atoms with Crippen LogP contribution in [0.25, 0.3) is 0 Å². The predicted molar refractivity (Wildman–Crippen MR) is 155 cm³/mol. The average molecular weight is 601 g/mol. The molecule has 0 aliphatic rings. The number of rotatable bonds is 12. The Balaban J connectivity index is 2.01. The molecule has 9 heteroatoms. The number of amides is 2. The number of aryl methyl sites for hydroxylation is 1. The van der Waals surface area contributed by atoms with Crippen molar-refractivity contribution in [2.45, 2.75) is 39.3 Å². The van der Waals surface area contributed by atoms with Crippen LogP contribution in [-0.2, 0) is 39.0 Å². The summed E-state index contributed by atoms with van der Waals surface area (Å²) in [5.74, 6) is -0.759. The second-order valence-corrected chi connectivity index (χ2v) is 11.9. The molecule has 2 amide bonds. The maximum Gasteiger partial charge on any atom is 0.244 e. The summed E-state index contributed by atoms with van der Waals surface area (Å²) in [6.07, 6.45) is 2.18. The number of nitrogens with zero attached hydrogens (tertiary/aromatic N) is 2. The first-order valence-corrected chi connectivity index (χ1v) is 15.2. The predicted octanol–water partition coefficient (Wildman–Crippen LogP) is 4.55. The molecule has 1 atom stereocenters. The number of halogens is 1. The van der Waals surface area contributed by atoms with Crippen molar-refractivity contribution in [2.24, 2.45) is 0 Å². The lowest BCUT2D eigenvalue weighted by molar-refractivity contribution is -0.140. The summed E-state index contributed by atoms with van der Waals surface area (Å²) in [5, 5.41) is 2.85. The summed E-state index contributed by atoms with van der Waals surface area (Å²) in [6, 6.07) is 23.2. The molecule has 1 N–H and O–H groups in total. The number of sulfonamides is 1. The van der Waals surface area contributed by atoms with Gasteiger partial charge < -0.3 is 10.2 Å². The standard InChI is InChI=1S/C29H34BrN3O4S/c1-4-22-13-17-26(18-14-22)33(38(3,36)37)21-28(34)32(20-24-11-15-25(30)16-12-24)27(29(35)31-5-2)19-23-9-7-6-8-10-23/h6-18,27H,4-5,19-21H2,1-3H3,(H,31,35)/t27-/m1/s1. The second kappa shape index (κ2) is 13.6. The minimum absolute atomic E-state index is 0.146. The maximum absolute atomic E-state index is 13.9. The lowest BCUT2D eigenvalue weighted by atomic mass is 10.0. The van der Waals surface area contributed by atoms with Crippen LogP contribution in [0.4, 0.5) is 5.69 Å². The molecular formula is C29H34BrN3O4S. The van der Waals surface area contributed by atoms with Crippen molar-refractivity contribution < 1.29 is 18.0 Å². The van der Waals surface area contributed by atoms with E-state index in [1.165, 1.54) is 4.90 Å². The van der Waals surface area contributed by atoms with Gasteiger partial charge in [0.25, 0.3) is 0 Å². The first-order chi connectivity index (χ1) is 18.1. The van der Waals surface area contributed by atoms with Gasteiger partial charge >= 0.3 is 0 Å². The summed E-state index contributed by atoms with van der Waals surface area (Å²) >= 11 is 3.43. The van der Waals surface area contributed by atoms with E-state index < -0.39 is 28.5 Å². The van der Waals surface area contributed by atoms with Gasteiger partial charge in [-0.2, -0.15) is 0 Å². The Morgan fingerprint density at radius 1 is 0.868 bits per heavy atom. The van der Waals surface area contributed by atoms with Crippen molar-refractivity contribution in [1.82, 2.24) is 10.2 Å². The number of hydrogen-bond donors (Lipinski definition) is 1. The number of carbonyl (C=O) groups excluding carboxylic acids is 2. The van der Waals surface area contributed by atoms with E-state index >= 15 is 0 Å². The van der Waals surface area contributed by atoms with Crippen LogP contribution in [0.15, 0.2) is 83.3 Å². The summed E-state index contributed by atoms with van der Waals surface area (Å²) in [7, 11) is -3.78. The number of anilines is 1. The summed E-state index contributed by atoms with van der Waals surface area (Å²) < 4.78 is 27.6. The highest BCUT2D eigenvalue weighted by molar-refractivity contribution is 9.10. The number of likely N-dealkylation sites (N-methyl/N-ethyl adjacent to an activating group) is 1. The van der Waals surface area contributed by atoms with Crippen LogP contribution in [0.5, 0.6) is 0 Å². The van der Waals surface area contributed by atoms with Crippen molar-refractivity contribution in [3.63, 3.8) is 0 Å². The molecule has 0 aliphatic heterocycles. The number of carbonyl (C=O) groups is 2. The third kappa shape index (κ3) is 8.16. The largest absolute Gasteiger partial charge is 0.355 e. The van der Waals surface area contributed by atoms with Crippen LogP contribution in [0.3, 0.4) is 0 Å². The van der Waals surface area contributed by atoms with Crippen LogP contribution >= 0.6 is 15.9 Å². The molecule has 0 saturated heterocycles. The van der Waals surface area contributed by atoms with Gasteiger partial charge in [0.15, 0.2) is 0 Å². The van der Waals surface area contributed by atoms with E-state index in [1.54, 1.807) is 12.1 Å². The molecule has 3 aromatic rings. The molecule has 202 valence electrons. The highest BCUT2D eigenvalue weighted by atomic mass is 79.9. The fourth-order valence-electron chi connectivity index (χ4n) is 4.14. The van der Waals surface area contributed by atoms with E-state index in [-0.39, 0.29) is 12.5 Å². The van der Waals surface area contributed by atoms with Gasteiger partial charge in [-0.3, -0.25) is 13.9 Å². The first-order valence-electron chi connectivity index (χ1n) is 12.5. The van der Waals surface area contributed by atoms with Gasteiger partial charge in [0.2, 0.25) is 21.8 Å². The molecule has 0 aromatic heterocycles. The fourth-order valence-corrected chi connectivity index (χ4v) is 5.26. The summed E-state index contributed by atoms with van der Waals surface area (Å²) in [5.41, 5.74) is 3.18. The van der Waals surface area contributed by atoms with Gasteiger partial charge in [0.1, 0.15) is 12.6 Å². The van der Waals surface area contributed by atoms with Crippen LogP contribution in [0, 0.1) is 0 Å². The van der Waals surface area contributed by atoms with E-state index in [2.05, 4.69) is 21.2 Å². The monoisotopic (exact) mass is 599 g/mol. The van der Waals surface area contributed by atoms with Gasteiger partial charge in [-0.05, 0) is 54.3 Å². The van der Waals surface area contributed by atoms with Crippen LogP contribution in [-0.4, -0.2) is 50.5 Å². The molecule has 0 aliphatic carbocycles. The molecule has 0 saturated carbocycles. The lowest BCUT2D eigenvalue weighted by Gasteiger charge is -2.33. The smallest absolute Gasteiger partial charge is 0.244 e. The molecule has 3 aromatic carbocycles. The van der Waals surface area contributed by atoms with Gasteiger partial charge in [0, 0.05) is 24.0 Å². The Morgan fingerprint density at radius 3 is 2.03 bits per heavy atom.